The third-order valence-electron chi connectivity index (χ3n) is 5.35. The first-order chi connectivity index (χ1) is 14.0. The van der Waals surface area contributed by atoms with E-state index in [2.05, 4.69) is 10.6 Å². The molecule has 1 fully saturated rings. The molecule has 0 spiro atoms. The Kier molecular flexibility index (Phi) is 5.49. The van der Waals surface area contributed by atoms with Gasteiger partial charge < -0.3 is 10.6 Å². The summed E-state index contributed by atoms with van der Waals surface area (Å²) in [5.74, 6) is -0.0898. The van der Waals surface area contributed by atoms with E-state index in [4.69, 9.17) is 16.6 Å². The molecular formula is C23H22ClN3O2. The highest BCUT2D eigenvalue weighted by Crippen LogP contribution is 2.30. The molecule has 5 nitrogen and oxygen atoms in total. The summed E-state index contributed by atoms with van der Waals surface area (Å²) in [4.78, 5) is 29.7. The lowest BCUT2D eigenvalue weighted by molar-refractivity contribution is -0.120. The van der Waals surface area contributed by atoms with Crippen LogP contribution in [0, 0.1) is 6.92 Å². The van der Waals surface area contributed by atoms with Crippen LogP contribution < -0.4 is 10.6 Å². The van der Waals surface area contributed by atoms with Crippen LogP contribution in [0.3, 0.4) is 0 Å². The van der Waals surface area contributed by atoms with Crippen molar-refractivity contribution in [3.05, 3.63) is 64.7 Å². The van der Waals surface area contributed by atoms with Crippen molar-refractivity contribution in [3.8, 4) is 11.3 Å². The molecule has 1 atom stereocenters. The molecule has 6 heteroatoms. The Morgan fingerprint density at radius 3 is 2.69 bits per heavy atom. The van der Waals surface area contributed by atoms with Crippen LogP contribution in [0.25, 0.3) is 22.2 Å². The molecule has 148 valence electrons. The molecule has 1 aliphatic heterocycles. The molecule has 3 aromatic rings. The normalized spacial score (nSPS) is 16.9. The Balaban J connectivity index is 1.76. The summed E-state index contributed by atoms with van der Waals surface area (Å²) in [6.07, 6.45) is 1.80. The number of hydrogen-bond donors (Lipinski definition) is 2. The van der Waals surface area contributed by atoms with Gasteiger partial charge in [-0.25, -0.2) is 4.98 Å². The van der Waals surface area contributed by atoms with E-state index in [0.29, 0.717) is 30.0 Å². The number of para-hydroxylation sites is 1. The second-order valence-electron chi connectivity index (χ2n) is 7.33. The van der Waals surface area contributed by atoms with Gasteiger partial charge in [0.05, 0.1) is 16.8 Å². The van der Waals surface area contributed by atoms with E-state index < -0.39 is 0 Å². The van der Waals surface area contributed by atoms with Crippen molar-refractivity contribution in [2.24, 2.45) is 0 Å². The number of benzene rings is 2. The molecule has 1 saturated heterocycles. The summed E-state index contributed by atoms with van der Waals surface area (Å²) in [7, 11) is 0. The average Bonchev–Trinajstić information content (AvgIpc) is 2.92. The maximum absolute atomic E-state index is 13.3. The van der Waals surface area contributed by atoms with Crippen molar-refractivity contribution >= 4 is 34.3 Å². The number of hydrogen-bond acceptors (Lipinski definition) is 3. The van der Waals surface area contributed by atoms with Gasteiger partial charge in [-0.1, -0.05) is 41.9 Å². The van der Waals surface area contributed by atoms with E-state index in [-0.39, 0.29) is 17.9 Å². The van der Waals surface area contributed by atoms with Crippen LogP contribution in [0.4, 0.5) is 0 Å². The predicted molar refractivity (Wildman–Crippen MR) is 115 cm³/mol. The van der Waals surface area contributed by atoms with Crippen molar-refractivity contribution in [2.75, 3.05) is 6.54 Å². The second kappa shape index (κ2) is 8.21. The summed E-state index contributed by atoms with van der Waals surface area (Å²) in [6.45, 7) is 2.51. The van der Waals surface area contributed by atoms with Crippen molar-refractivity contribution in [3.63, 3.8) is 0 Å². The minimum atomic E-state index is -0.129. The molecule has 2 heterocycles. The Morgan fingerprint density at radius 1 is 1.14 bits per heavy atom. The number of nitrogens with zero attached hydrogens (tertiary/aromatic N) is 1. The third kappa shape index (κ3) is 4.10. The zero-order chi connectivity index (χ0) is 20.4. The molecule has 0 radical (unpaired) electrons. The topological polar surface area (TPSA) is 71.1 Å². The lowest BCUT2D eigenvalue weighted by atomic mass is 9.96. The largest absolute Gasteiger partial charge is 0.356 e. The number of aromatic nitrogens is 1. The molecule has 1 aliphatic rings. The molecule has 4 rings (SSSR count). The highest BCUT2D eigenvalue weighted by molar-refractivity contribution is 6.30. The Hall–Kier alpha value is -2.92. The summed E-state index contributed by atoms with van der Waals surface area (Å²) in [5.41, 5.74) is 3.90. The van der Waals surface area contributed by atoms with Gasteiger partial charge in [0.2, 0.25) is 5.91 Å². The van der Waals surface area contributed by atoms with Gasteiger partial charge in [-0.3, -0.25) is 9.59 Å². The van der Waals surface area contributed by atoms with Gasteiger partial charge >= 0.3 is 0 Å². The monoisotopic (exact) mass is 407 g/mol. The zero-order valence-electron chi connectivity index (χ0n) is 16.2. The van der Waals surface area contributed by atoms with E-state index in [1.807, 2.05) is 55.5 Å². The molecule has 0 saturated carbocycles. The summed E-state index contributed by atoms with van der Waals surface area (Å²) in [5, 5.41) is 7.47. The minimum Gasteiger partial charge on any atom is -0.356 e. The molecule has 29 heavy (non-hydrogen) atoms. The van der Waals surface area contributed by atoms with Gasteiger partial charge in [-0.2, -0.15) is 0 Å². The third-order valence-corrected chi connectivity index (χ3v) is 5.60. The van der Waals surface area contributed by atoms with Gasteiger partial charge in [-0.15, -0.1) is 0 Å². The first-order valence-corrected chi connectivity index (χ1v) is 10.1. The maximum Gasteiger partial charge on any atom is 0.252 e. The SMILES string of the molecule is Cc1c(-c2ccc(Cl)cc2)nc2ccccc2c1C(=O)NC1CCNC(=O)CC1. The number of pyridine rings is 1. The number of nitrogens with one attached hydrogen (secondary N) is 2. The van der Waals surface area contributed by atoms with Gasteiger partial charge in [0.25, 0.3) is 5.91 Å². The van der Waals surface area contributed by atoms with Crippen molar-refractivity contribution in [1.82, 2.24) is 15.6 Å². The van der Waals surface area contributed by atoms with E-state index in [1.165, 1.54) is 0 Å². The van der Waals surface area contributed by atoms with E-state index in [0.717, 1.165) is 34.1 Å². The highest BCUT2D eigenvalue weighted by atomic mass is 35.5. The molecule has 0 bridgehead atoms. The molecule has 1 aromatic heterocycles. The number of carbonyl (C=O) groups excluding carboxylic acids is 2. The first-order valence-electron chi connectivity index (χ1n) is 9.76. The van der Waals surface area contributed by atoms with E-state index >= 15 is 0 Å². The summed E-state index contributed by atoms with van der Waals surface area (Å²) in [6, 6.07) is 15.1. The van der Waals surface area contributed by atoms with Crippen LogP contribution in [0.2, 0.25) is 5.02 Å². The second-order valence-corrected chi connectivity index (χ2v) is 7.77. The Bertz CT molecular complexity index is 1080. The first kappa shape index (κ1) is 19.4. The predicted octanol–water partition coefficient (Wildman–Crippen LogP) is 4.26. The van der Waals surface area contributed by atoms with Crippen LogP contribution in [-0.4, -0.2) is 29.4 Å². The van der Waals surface area contributed by atoms with Crippen LogP contribution in [0.15, 0.2) is 48.5 Å². The van der Waals surface area contributed by atoms with Crippen molar-refractivity contribution in [2.45, 2.75) is 32.2 Å². The van der Waals surface area contributed by atoms with Crippen molar-refractivity contribution < 1.29 is 9.59 Å². The highest BCUT2D eigenvalue weighted by Gasteiger charge is 2.23. The number of carbonyl (C=O) groups is 2. The Morgan fingerprint density at radius 2 is 1.90 bits per heavy atom. The quantitative estimate of drug-likeness (QED) is 0.681. The number of halogens is 1. The fraction of sp³-hybridized carbons (Fsp3) is 0.261. The van der Waals surface area contributed by atoms with E-state index in [9.17, 15) is 9.59 Å². The molecular weight excluding hydrogens is 386 g/mol. The van der Waals surface area contributed by atoms with Gasteiger partial charge in [0, 0.05) is 35.0 Å². The van der Waals surface area contributed by atoms with Crippen LogP contribution in [0.1, 0.15) is 35.2 Å². The van der Waals surface area contributed by atoms with Crippen LogP contribution >= 0.6 is 11.6 Å². The molecule has 2 N–H and O–H groups in total. The molecule has 0 aliphatic carbocycles. The maximum atomic E-state index is 13.3. The van der Waals surface area contributed by atoms with Gasteiger partial charge in [0.1, 0.15) is 0 Å². The minimum absolute atomic E-state index is 0.0354. The zero-order valence-corrected chi connectivity index (χ0v) is 16.9. The Labute approximate surface area is 174 Å². The lowest BCUT2D eigenvalue weighted by Gasteiger charge is -2.19. The van der Waals surface area contributed by atoms with Gasteiger partial charge in [-0.05, 0) is 43.5 Å². The lowest BCUT2D eigenvalue weighted by Crippen LogP contribution is -2.36. The fourth-order valence-electron chi connectivity index (χ4n) is 3.81. The van der Waals surface area contributed by atoms with Crippen molar-refractivity contribution in [1.29, 1.82) is 0 Å². The van der Waals surface area contributed by atoms with E-state index in [1.54, 1.807) is 0 Å². The number of amides is 2. The summed E-state index contributed by atoms with van der Waals surface area (Å²) >= 11 is 6.03. The molecule has 1 unspecified atom stereocenters. The number of rotatable bonds is 3. The van der Waals surface area contributed by atoms with Crippen LogP contribution in [0.5, 0.6) is 0 Å². The molecule has 2 aromatic carbocycles. The van der Waals surface area contributed by atoms with Crippen LogP contribution in [-0.2, 0) is 4.79 Å². The summed E-state index contributed by atoms with van der Waals surface area (Å²) < 4.78 is 0. The number of fused-ring (bicyclic) bond motifs is 1. The molecule has 2 amide bonds. The fourth-order valence-corrected chi connectivity index (χ4v) is 3.94. The standard InChI is InChI=1S/C23H22ClN3O2/c1-14-21(23(29)26-17-10-11-20(28)25-13-12-17)18-4-2-3-5-19(18)27-22(14)15-6-8-16(24)9-7-15/h2-9,17H,10-13H2,1H3,(H,25,28)(H,26,29). The smallest absolute Gasteiger partial charge is 0.252 e. The van der Waals surface area contributed by atoms with Gasteiger partial charge in [0.15, 0.2) is 0 Å². The average molecular weight is 408 g/mol.